The SMILES string of the molecule is C=CCc1c(CCCCCCC)ccc2c1CCCC2=C. The van der Waals surface area contributed by atoms with E-state index in [9.17, 15) is 0 Å². The molecule has 114 valence electrons. The second-order valence-corrected chi connectivity index (χ2v) is 6.34. The molecule has 1 aliphatic carbocycles. The first-order valence-electron chi connectivity index (χ1n) is 8.70. The minimum atomic E-state index is 1.01. The summed E-state index contributed by atoms with van der Waals surface area (Å²) in [6.45, 7) is 10.5. The monoisotopic (exact) mass is 282 g/mol. The van der Waals surface area contributed by atoms with Gasteiger partial charge in [-0.3, -0.25) is 0 Å². The first-order valence-corrected chi connectivity index (χ1v) is 8.70. The van der Waals surface area contributed by atoms with Crippen molar-refractivity contribution < 1.29 is 0 Å². The van der Waals surface area contributed by atoms with E-state index in [1.54, 1.807) is 16.7 Å². The standard InChI is InChI=1S/C21H30/c1-4-6-7-8-9-13-18-15-16-19-17(3)12-10-14-21(19)20(18)11-5-2/h5,15-16H,2-4,6-14H2,1H3. The van der Waals surface area contributed by atoms with Gasteiger partial charge in [0.05, 0.1) is 0 Å². The summed E-state index contributed by atoms with van der Waals surface area (Å²) < 4.78 is 0. The highest BCUT2D eigenvalue weighted by atomic mass is 14.2. The van der Waals surface area contributed by atoms with Gasteiger partial charge in [0, 0.05) is 0 Å². The smallest absolute Gasteiger partial charge is 0.00944 e. The third-order valence-electron chi connectivity index (χ3n) is 4.71. The minimum absolute atomic E-state index is 1.01. The zero-order chi connectivity index (χ0) is 15.1. The molecule has 1 aromatic rings. The normalized spacial score (nSPS) is 14.0. The summed E-state index contributed by atoms with van der Waals surface area (Å²) in [5.41, 5.74) is 7.43. The van der Waals surface area contributed by atoms with Gasteiger partial charge in [-0.05, 0) is 66.4 Å². The number of hydrogen-bond acceptors (Lipinski definition) is 0. The van der Waals surface area contributed by atoms with Crippen LogP contribution < -0.4 is 0 Å². The predicted octanol–water partition coefficient (Wildman–Crippen LogP) is 6.28. The highest BCUT2D eigenvalue weighted by Crippen LogP contribution is 2.34. The van der Waals surface area contributed by atoms with Crippen LogP contribution >= 0.6 is 0 Å². The number of hydrogen-bond donors (Lipinski definition) is 0. The molecular formula is C21H30. The Hall–Kier alpha value is -1.30. The fourth-order valence-corrected chi connectivity index (χ4v) is 3.52. The van der Waals surface area contributed by atoms with Gasteiger partial charge in [-0.1, -0.05) is 57.4 Å². The van der Waals surface area contributed by atoms with Gasteiger partial charge < -0.3 is 0 Å². The van der Waals surface area contributed by atoms with Crippen molar-refractivity contribution in [2.24, 2.45) is 0 Å². The first kappa shape index (κ1) is 16.1. The van der Waals surface area contributed by atoms with Gasteiger partial charge in [0.2, 0.25) is 0 Å². The number of aryl methyl sites for hydroxylation is 1. The maximum atomic E-state index is 4.26. The van der Waals surface area contributed by atoms with Gasteiger partial charge in [-0.2, -0.15) is 0 Å². The molecule has 0 spiro atoms. The number of unbranched alkanes of at least 4 members (excludes halogenated alkanes) is 4. The Bertz CT molecular complexity index is 493. The number of benzene rings is 1. The lowest BCUT2D eigenvalue weighted by atomic mass is 9.81. The average molecular weight is 282 g/mol. The zero-order valence-electron chi connectivity index (χ0n) is 13.7. The molecule has 0 fully saturated rings. The van der Waals surface area contributed by atoms with Gasteiger partial charge in [0.25, 0.3) is 0 Å². The van der Waals surface area contributed by atoms with Crippen LogP contribution in [0.1, 0.15) is 74.1 Å². The molecule has 0 atom stereocenters. The minimum Gasteiger partial charge on any atom is -0.103 e. The van der Waals surface area contributed by atoms with E-state index in [1.807, 2.05) is 0 Å². The summed E-state index contributed by atoms with van der Waals surface area (Å²) >= 11 is 0. The van der Waals surface area contributed by atoms with Gasteiger partial charge >= 0.3 is 0 Å². The molecule has 0 amide bonds. The Morgan fingerprint density at radius 3 is 2.67 bits per heavy atom. The van der Waals surface area contributed by atoms with Crippen LogP contribution in [0.4, 0.5) is 0 Å². The second-order valence-electron chi connectivity index (χ2n) is 6.34. The molecule has 0 nitrogen and oxygen atoms in total. The van der Waals surface area contributed by atoms with Crippen molar-refractivity contribution >= 4 is 5.57 Å². The van der Waals surface area contributed by atoms with E-state index in [0.717, 1.165) is 12.8 Å². The molecule has 0 radical (unpaired) electrons. The molecule has 0 heteroatoms. The topological polar surface area (TPSA) is 0 Å². The number of rotatable bonds is 8. The molecule has 0 saturated heterocycles. The fourth-order valence-electron chi connectivity index (χ4n) is 3.52. The molecule has 0 heterocycles. The van der Waals surface area contributed by atoms with E-state index < -0.39 is 0 Å². The van der Waals surface area contributed by atoms with Crippen LogP contribution in [-0.4, -0.2) is 0 Å². The Labute approximate surface area is 131 Å². The van der Waals surface area contributed by atoms with E-state index in [2.05, 4.69) is 38.3 Å². The fraction of sp³-hybridized carbons (Fsp3) is 0.524. The average Bonchev–Trinajstić information content (AvgIpc) is 2.49. The summed E-state index contributed by atoms with van der Waals surface area (Å²) in [6.07, 6.45) is 14.7. The molecule has 0 saturated carbocycles. The van der Waals surface area contributed by atoms with E-state index in [1.165, 1.54) is 62.5 Å². The molecule has 0 N–H and O–H groups in total. The lowest BCUT2D eigenvalue weighted by Crippen LogP contribution is -2.08. The van der Waals surface area contributed by atoms with Gasteiger partial charge in [0.1, 0.15) is 0 Å². The highest BCUT2D eigenvalue weighted by molar-refractivity contribution is 5.70. The second kappa shape index (κ2) is 8.22. The van der Waals surface area contributed by atoms with Crippen molar-refractivity contribution in [3.8, 4) is 0 Å². The van der Waals surface area contributed by atoms with Crippen molar-refractivity contribution in [3.63, 3.8) is 0 Å². The number of allylic oxidation sites excluding steroid dienone is 2. The quantitative estimate of drug-likeness (QED) is 0.389. The van der Waals surface area contributed by atoms with Gasteiger partial charge in [-0.25, -0.2) is 0 Å². The Morgan fingerprint density at radius 2 is 1.90 bits per heavy atom. The third kappa shape index (κ3) is 4.09. The zero-order valence-corrected chi connectivity index (χ0v) is 13.7. The van der Waals surface area contributed by atoms with Gasteiger partial charge in [-0.15, -0.1) is 6.58 Å². The lowest BCUT2D eigenvalue weighted by molar-refractivity contribution is 0.630. The van der Waals surface area contributed by atoms with E-state index in [-0.39, 0.29) is 0 Å². The van der Waals surface area contributed by atoms with Crippen LogP contribution in [0.3, 0.4) is 0 Å². The lowest BCUT2D eigenvalue weighted by Gasteiger charge is -2.23. The molecule has 21 heavy (non-hydrogen) atoms. The molecule has 0 aromatic heterocycles. The van der Waals surface area contributed by atoms with Crippen molar-refractivity contribution in [1.29, 1.82) is 0 Å². The molecule has 0 unspecified atom stereocenters. The predicted molar refractivity (Wildman–Crippen MR) is 94.8 cm³/mol. The summed E-state index contributed by atoms with van der Waals surface area (Å²) in [7, 11) is 0. The molecule has 0 aliphatic heterocycles. The van der Waals surface area contributed by atoms with Crippen LogP contribution in [0.15, 0.2) is 31.4 Å². The van der Waals surface area contributed by atoms with Crippen LogP contribution in [0.2, 0.25) is 0 Å². The van der Waals surface area contributed by atoms with E-state index >= 15 is 0 Å². The maximum absolute atomic E-state index is 4.26. The van der Waals surface area contributed by atoms with Gasteiger partial charge in [0.15, 0.2) is 0 Å². The highest BCUT2D eigenvalue weighted by Gasteiger charge is 2.17. The van der Waals surface area contributed by atoms with Crippen LogP contribution in [0, 0.1) is 0 Å². The summed E-state index contributed by atoms with van der Waals surface area (Å²) in [5.74, 6) is 0. The first-order chi connectivity index (χ1) is 10.3. The Kier molecular flexibility index (Phi) is 6.29. The molecule has 2 rings (SSSR count). The number of fused-ring (bicyclic) bond motifs is 1. The van der Waals surface area contributed by atoms with Crippen LogP contribution in [0.25, 0.3) is 5.57 Å². The van der Waals surface area contributed by atoms with Crippen LogP contribution in [-0.2, 0) is 19.3 Å². The van der Waals surface area contributed by atoms with E-state index in [4.69, 9.17) is 0 Å². The van der Waals surface area contributed by atoms with Crippen LogP contribution in [0.5, 0.6) is 0 Å². The Morgan fingerprint density at radius 1 is 1.10 bits per heavy atom. The summed E-state index contributed by atoms with van der Waals surface area (Å²) in [4.78, 5) is 0. The largest absolute Gasteiger partial charge is 0.103 e. The van der Waals surface area contributed by atoms with E-state index in [0.29, 0.717) is 0 Å². The van der Waals surface area contributed by atoms with Crippen molar-refractivity contribution in [2.45, 2.75) is 71.1 Å². The van der Waals surface area contributed by atoms with Crippen molar-refractivity contribution in [3.05, 3.63) is 53.6 Å². The summed E-state index contributed by atoms with van der Waals surface area (Å²) in [5, 5.41) is 0. The van der Waals surface area contributed by atoms with Crippen molar-refractivity contribution in [1.82, 2.24) is 0 Å². The summed E-state index contributed by atoms with van der Waals surface area (Å²) in [6, 6.07) is 4.68. The molecule has 1 aromatic carbocycles. The molecule has 1 aliphatic rings. The van der Waals surface area contributed by atoms with Crippen molar-refractivity contribution in [2.75, 3.05) is 0 Å². The maximum Gasteiger partial charge on any atom is -0.00944 e. The Balaban J connectivity index is 2.13. The molecule has 0 bridgehead atoms. The molecular weight excluding hydrogens is 252 g/mol. The third-order valence-corrected chi connectivity index (χ3v) is 4.71.